The lowest BCUT2D eigenvalue weighted by Gasteiger charge is -2.12. The molecule has 1 unspecified atom stereocenters. The summed E-state index contributed by atoms with van der Waals surface area (Å²) in [5.41, 5.74) is 0.353. The number of halogens is 3. The SMILES string of the molecule is CCCC(Cl)Cc1ccccc1S(=O)(=O)C(F)F. The maximum atomic E-state index is 12.5. The molecule has 0 aliphatic rings. The van der Waals surface area contributed by atoms with Crippen molar-refractivity contribution in [1.29, 1.82) is 0 Å². The summed E-state index contributed by atoms with van der Waals surface area (Å²) in [6.45, 7) is 1.96. The largest absolute Gasteiger partial charge is 0.341 e. The molecule has 0 amide bonds. The van der Waals surface area contributed by atoms with E-state index in [0.29, 0.717) is 12.0 Å². The predicted molar refractivity (Wildman–Crippen MR) is 67.9 cm³/mol. The maximum absolute atomic E-state index is 12.5. The van der Waals surface area contributed by atoms with Crippen molar-refractivity contribution in [1.82, 2.24) is 0 Å². The zero-order valence-corrected chi connectivity index (χ0v) is 11.5. The van der Waals surface area contributed by atoms with Gasteiger partial charge in [0, 0.05) is 5.38 Å². The van der Waals surface area contributed by atoms with E-state index in [2.05, 4.69) is 0 Å². The van der Waals surface area contributed by atoms with E-state index in [0.717, 1.165) is 6.42 Å². The monoisotopic (exact) mass is 296 g/mol. The third-order valence-electron chi connectivity index (χ3n) is 2.56. The van der Waals surface area contributed by atoms with Crippen LogP contribution in [-0.2, 0) is 16.3 Å². The minimum Gasteiger partial charge on any atom is -0.218 e. The molecule has 1 aromatic carbocycles. The molecule has 102 valence electrons. The van der Waals surface area contributed by atoms with Crippen molar-refractivity contribution in [3.05, 3.63) is 29.8 Å². The zero-order valence-electron chi connectivity index (χ0n) is 9.94. The van der Waals surface area contributed by atoms with Gasteiger partial charge in [0.15, 0.2) is 0 Å². The van der Waals surface area contributed by atoms with Crippen LogP contribution in [0.4, 0.5) is 8.78 Å². The van der Waals surface area contributed by atoms with Crippen LogP contribution >= 0.6 is 11.6 Å². The van der Waals surface area contributed by atoms with E-state index in [1.165, 1.54) is 18.2 Å². The lowest BCUT2D eigenvalue weighted by atomic mass is 10.1. The fourth-order valence-corrected chi connectivity index (χ4v) is 3.06. The van der Waals surface area contributed by atoms with Crippen molar-refractivity contribution in [2.45, 2.75) is 42.2 Å². The highest BCUT2D eigenvalue weighted by atomic mass is 35.5. The van der Waals surface area contributed by atoms with Gasteiger partial charge in [-0.05, 0) is 24.5 Å². The van der Waals surface area contributed by atoms with Gasteiger partial charge in [0.2, 0.25) is 9.84 Å². The van der Waals surface area contributed by atoms with E-state index in [1.54, 1.807) is 6.07 Å². The number of alkyl halides is 3. The molecule has 0 fully saturated rings. The topological polar surface area (TPSA) is 34.1 Å². The average Bonchev–Trinajstić information content (AvgIpc) is 2.29. The lowest BCUT2D eigenvalue weighted by molar-refractivity contribution is 0.234. The van der Waals surface area contributed by atoms with Gasteiger partial charge in [0.25, 0.3) is 0 Å². The van der Waals surface area contributed by atoms with Gasteiger partial charge >= 0.3 is 5.76 Å². The summed E-state index contributed by atoms with van der Waals surface area (Å²) >= 11 is 6.03. The van der Waals surface area contributed by atoms with Gasteiger partial charge in [-0.25, -0.2) is 8.42 Å². The number of sulfone groups is 1. The molecule has 0 saturated heterocycles. The first-order valence-electron chi connectivity index (χ1n) is 5.63. The summed E-state index contributed by atoms with van der Waals surface area (Å²) in [5, 5.41) is -0.246. The van der Waals surface area contributed by atoms with Crippen LogP contribution in [0.15, 0.2) is 29.2 Å². The van der Waals surface area contributed by atoms with Crippen LogP contribution in [0, 0.1) is 0 Å². The Labute approximate surface area is 111 Å². The fourth-order valence-electron chi connectivity index (χ4n) is 1.70. The van der Waals surface area contributed by atoms with Crippen molar-refractivity contribution in [2.24, 2.45) is 0 Å². The van der Waals surface area contributed by atoms with Crippen LogP contribution in [0.1, 0.15) is 25.3 Å². The quantitative estimate of drug-likeness (QED) is 0.751. The molecule has 0 bridgehead atoms. The Morgan fingerprint density at radius 1 is 1.28 bits per heavy atom. The molecule has 0 aliphatic carbocycles. The molecule has 1 aromatic rings. The highest BCUT2D eigenvalue weighted by molar-refractivity contribution is 7.91. The number of benzene rings is 1. The summed E-state index contributed by atoms with van der Waals surface area (Å²) < 4.78 is 48.1. The first-order chi connectivity index (χ1) is 8.39. The molecule has 0 N–H and O–H groups in total. The van der Waals surface area contributed by atoms with Crippen molar-refractivity contribution in [2.75, 3.05) is 0 Å². The van der Waals surface area contributed by atoms with Gasteiger partial charge in [-0.2, -0.15) is 8.78 Å². The zero-order chi connectivity index (χ0) is 13.8. The van der Waals surface area contributed by atoms with Gasteiger partial charge < -0.3 is 0 Å². The van der Waals surface area contributed by atoms with E-state index in [4.69, 9.17) is 11.6 Å². The summed E-state index contributed by atoms with van der Waals surface area (Å²) in [4.78, 5) is -0.318. The maximum Gasteiger partial charge on any atom is 0.341 e. The highest BCUT2D eigenvalue weighted by Crippen LogP contribution is 2.25. The molecular formula is C12H15ClF2O2S. The molecule has 2 nitrogen and oxygen atoms in total. The van der Waals surface area contributed by atoms with Crippen LogP contribution in [0.2, 0.25) is 0 Å². The van der Waals surface area contributed by atoms with E-state index in [1.807, 2.05) is 6.92 Å². The lowest BCUT2D eigenvalue weighted by Crippen LogP contribution is -2.15. The van der Waals surface area contributed by atoms with Crippen molar-refractivity contribution in [3.63, 3.8) is 0 Å². The molecule has 0 radical (unpaired) electrons. The normalized spacial score (nSPS) is 13.8. The molecule has 1 rings (SSSR count). The van der Waals surface area contributed by atoms with E-state index in [9.17, 15) is 17.2 Å². The minimum absolute atomic E-state index is 0.246. The van der Waals surface area contributed by atoms with Crippen molar-refractivity contribution < 1.29 is 17.2 Å². The summed E-state index contributed by atoms with van der Waals surface area (Å²) in [5.74, 6) is -3.40. The smallest absolute Gasteiger partial charge is 0.218 e. The van der Waals surface area contributed by atoms with E-state index < -0.39 is 15.6 Å². The Morgan fingerprint density at radius 3 is 2.44 bits per heavy atom. The molecule has 18 heavy (non-hydrogen) atoms. The van der Waals surface area contributed by atoms with Gasteiger partial charge in [-0.1, -0.05) is 31.5 Å². The third-order valence-corrected chi connectivity index (χ3v) is 4.41. The van der Waals surface area contributed by atoms with Crippen LogP contribution in [0.25, 0.3) is 0 Å². The van der Waals surface area contributed by atoms with E-state index >= 15 is 0 Å². The van der Waals surface area contributed by atoms with Crippen LogP contribution < -0.4 is 0 Å². The van der Waals surface area contributed by atoms with Crippen molar-refractivity contribution in [3.8, 4) is 0 Å². The minimum atomic E-state index is -4.56. The first-order valence-corrected chi connectivity index (χ1v) is 7.62. The number of hydrogen-bond donors (Lipinski definition) is 0. The Bertz CT molecular complexity index is 489. The van der Waals surface area contributed by atoms with Crippen LogP contribution in [-0.4, -0.2) is 19.6 Å². The standard InChI is InChI=1S/C12H15ClF2O2S/c1-2-5-10(13)8-9-6-3-4-7-11(9)18(16,17)12(14)15/h3-4,6-7,10,12H,2,5,8H2,1H3. The van der Waals surface area contributed by atoms with Crippen LogP contribution in [0.5, 0.6) is 0 Å². The van der Waals surface area contributed by atoms with Gasteiger partial charge in [-0.3, -0.25) is 0 Å². The Morgan fingerprint density at radius 2 is 1.89 bits per heavy atom. The number of rotatable bonds is 6. The molecule has 1 atom stereocenters. The summed E-state index contributed by atoms with van der Waals surface area (Å²) in [7, 11) is -4.56. The first kappa shape index (κ1) is 15.4. The molecule has 6 heteroatoms. The highest BCUT2D eigenvalue weighted by Gasteiger charge is 2.29. The fraction of sp³-hybridized carbons (Fsp3) is 0.500. The van der Waals surface area contributed by atoms with Gasteiger partial charge in [0.05, 0.1) is 4.90 Å². The Hall–Kier alpha value is -0.680. The van der Waals surface area contributed by atoms with Gasteiger partial charge in [-0.15, -0.1) is 11.6 Å². The van der Waals surface area contributed by atoms with Gasteiger partial charge in [0.1, 0.15) is 0 Å². The Balaban J connectivity index is 3.08. The third kappa shape index (κ3) is 3.65. The predicted octanol–water partition coefficient (Wildman–Crippen LogP) is 3.63. The molecule has 0 aliphatic heterocycles. The summed E-state index contributed by atoms with van der Waals surface area (Å²) in [6.07, 6.45) is 1.85. The van der Waals surface area contributed by atoms with E-state index in [-0.39, 0.29) is 16.7 Å². The summed E-state index contributed by atoms with van der Waals surface area (Å²) in [6, 6.07) is 5.78. The molecule has 0 spiro atoms. The second kappa shape index (κ2) is 6.48. The molecule has 0 aromatic heterocycles. The Kier molecular flexibility index (Phi) is 5.53. The number of hydrogen-bond acceptors (Lipinski definition) is 2. The second-order valence-electron chi connectivity index (χ2n) is 4.00. The van der Waals surface area contributed by atoms with Crippen molar-refractivity contribution >= 4 is 21.4 Å². The second-order valence-corrected chi connectivity index (χ2v) is 6.51. The van der Waals surface area contributed by atoms with Crippen LogP contribution in [0.3, 0.4) is 0 Å². The molecule has 0 saturated carbocycles. The molecule has 0 heterocycles. The average molecular weight is 297 g/mol. The molecular weight excluding hydrogens is 282 g/mol.